The average molecular weight is 208 g/mol. The van der Waals surface area contributed by atoms with Crippen LogP contribution in [0.1, 0.15) is 20.3 Å². The van der Waals surface area contributed by atoms with E-state index in [9.17, 15) is 0 Å². The highest BCUT2D eigenvalue weighted by Gasteiger charge is 2.41. The van der Waals surface area contributed by atoms with Crippen LogP contribution < -0.4 is 0 Å². The molecule has 1 fully saturated rings. The Labute approximate surface area is 92.0 Å². The topological polar surface area (TPSA) is 18.5 Å². The smallest absolute Gasteiger partial charge is 0.139 e. The molecule has 0 amide bonds. The lowest BCUT2D eigenvalue weighted by Gasteiger charge is -2.42. The van der Waals surface area contributed by atoms with Crippen molar-refractivity contribution in [2.75, 3.05) is 20.3 Å². The molecule has 0 aromatic carbocycles. The monoisotopic (exact) mass is 208 g/mol. The van der Waals surface area contributed by atoms with Gasteiger partial charge >= 0.3 is 0 Å². The molecular weight excluding hydrogens is 188 g/mol. The second kappa shape index (κ2) is 4.11. The van der Waals surface area contributed by atoms with E-state index in [4.69, 9.17) is 9.47 Å². The first-order chi connectivity index (χ1) is 7.18. The minimum Gasteiger partial charge on any atom is -0.375 e. The minimum absolute atomic E-state index is 0.140. The summed E-state index contributed by atoms with van der Waals surface area (Å²) in [5.41, 5.74) is 1.16. The average Bonchev–Trinajstić information content (AvgIpc) is 2.18. The van der Waals surface area contributed by atoms with Gasteiger partial charge in [0.1, 0.15) is 5.60 Å². The van der Waals surface area contributed by atoms with E-state index in [-0.39, 0.29) is 5.60 Å². The van der Waals surface area contributed by atoms with Crippen molar-refractivity contribution in [3.8, 4) is 0 Å². The summed E-state index contributed by atoms with van der Waals surface area (Å²) in [5.74, 6) is 1.40. The zero-order chi connectivity index (χ0) is 10.9. The molecule has 0 aromatic rings. The standard InChI is InChI=1S/C13H20O2/c1-10(2)11-4-6-12(7-5-11)13(14-3)8-15-9-13/h4,6-7,10-11H,5,8-9H2,1-3H3. The van der Waals surface area contributed by atoms with Crippen LogP contribution in [0.15, 0.2) is 23.8 Å². The third-order valence-electron chi connectivity index (χ3n) is 3.58. The van der Waals surface area contributed by atoms with Crippen molar-refractivity contribution in [3.63, 3.8) is 0 Å². The molecule has 1 aliphatic heterocycles. The molecular formula is C13H20O2. The Kier molecular flexibility index (Phi) is 2.98. The van der Waals surface area contributed by atoms with Crippen molar-refractivity contribution in [2.24, 2.45) is 11.8 Å². The Morgan fingerprint density at radius 1 is 1.47 bits per heavy atom. The summed E-state index contributed by atoms with van der Waals surface area (Å²) in [6, 6.07) is 0. The van der Waals surface area contributed by atoms with Gasteiger partial charge < -0.3 is 9.47 Å². The van der Waals surface area contributed by atoms with Crippen LogP contribution in [0.25, 0.3) is 0 Å². The third-order valence-corrected chi connectivity index (χ3v) is 3.58. The molecule has 2 rings (SSSR count). The fraction of sp³-hybridized carbons (Fsp3) is 0.692. The van der Waals surface area contributed by atoms with Crippen molar-refractivity contribution in [2.45, 2.75) is 25.9 Å². The van der Waals surface area contributed by atoms with Crippen LogP contribution in [-0.2, 0) is 9.47 Å². The number of rotatable bonds is 3. The van der Waals surface area contributed by atoms with Gasteiger partial charge in [-0.1, -0.05) is 32.1 Å². The Morgan fingerprint density at radius 2 is 2.20 bits per heavy atom. The van der Waals surface area contributed by atoms with Crippen LogP contribution in [0.3, 0.4) is 0 Å². The van der Waals surface area contributed by atoms with E-state index in [1.807, 2.05) is 0 Å². The molecule has 0 saturated carbocycles. The predicted octanol–water partition coefficient (Wildman–Crippen LogP) is 2.56. The quantitative estimate of drug-likeness (QED) is 0.709. The van der Waals surface area contributed by atoms with E-state index in [1.165, 1.54) is 5.57 Å². The third kappa shape index (κ3) is 1.88. The summed E-state index contributed by atoms with van der Waals surface area (Å²) in [4.78, 5) is 0. The molecule has 0 bridgehead atoms. The van der Waals surface area contributed by atoms with E-state index in [2.05, 4.69) is 32.1 Å². The lowest BCUT2D eigenvalue weighted by molar-refractivity contribution is -0.170. The lowest BCUT2D eigenvalue weighted by Crippen LogP contribution is -2.52. The minimum atomic E-state index is -0.140. The maximum atomic E-state index is 5.56. The van der Waals surface area contributed by atoms with E-state index in [0.29, 0.717) is 19.1 Å². The number of methoxy groups -OCH3 is 1. The summed E-state index contributed by atoms with van der Waals surface area (Å²) < 4.78 is 10.8. The van der Waals surface area contributed by atoms with E-state index in [0.717, 1.165) is 12.3 Å². The lowest BCUT2D eigenvalue weighted by atomic mass is 9.81. The molecule has 1 heterocycles. The second-order valence-corrected chi connectivity index (χ2v) is 4.85. The summed E-state index contributed by atoms with van der Waals surface area (Å²) in [5, 5.41) is 0. The van der Waals surface area contributed by atoms with Crippen molar-refractivity contribution in [3.05, 3.63) is 23.8 Å². The fourth-order valence-corrected chi connectivity index (χ4v) is 2.16. The molecule has 2 aliphatic rings. The molecule has 0 aromatic heterocycles. The highest BCUT2D eigenvalue weighted by atomic mass is 16.6. The van der Waals surface area contributed by atoms with Gasteiger partial charge in [0.25, 0.3) is 0 Å². The number of hydrogen-bond donors (Lipinski definition) is 0. The Morgan fingerprint density at radius 3 is 2.53 bits per heavy atom. The van der Waals surface area contributed by atoms with Crippen molar-refractivity contribution < 1.29 is 9.47 Å². The Balaban J connectivity index is 2.05. The summed E-state index contributed by atoms with van der Waals surface area (Å²) in [6.45, 7) is 5.94. The molecule has 0 radical (unpaired) electrons. The molecule has 1 unspecified atom stereocenters. The van der Waals surface area contributed by atoms with Gasteiger partial charge in [-0.2, -0.15) is 0 Å². The molecule has 1 aliphatic carbocycles. The maximum Gasteiger partial charge on any atom is 0.139 e. The molecule has 0 spiro atoms. The fourth-order valence-electron chi connectivity index (χ4n) is 2.16. The summed E-state index contributed by atoms with van der Waals surface area (Å²) in [7, 11) is 1.77. The number of ether oxygens (including phenoxy) is 2. The van der Waals surface area contributed by atoms with Crippen LogP contribution in [0.4, 0.5) is 0 Å². The Bertz CT molecular complexity index is 279. The maximum absolute atomic E-state index is 5.56. The second-order valence-electron chi connectivity index (χ2n) is 4.85. The zero-order valence-corrected chi connectivity index (χ0v) is 9.82. The van der Waals surface area contributed by atoms with Gasteiger partial charge in [0.2, 0.25) is 0 Å². The van der Waals surface area contributed by atoms with Gasteiger partial charge in [-0.15, -0.1) is 0 Å². The first-order valence-electron chi connectivity index (χ1n) is 5.70. The SMILES string of the molecule is COC1(C2=CCC(C(C)C)C=C2)COC1. The molecule has 1 atom stereocenters. The Hall–Kier alpha value is -0.600. The highest BCUT2D eigenvalue weighted by Crippen LogP contribution is 2.34. The van der Waals surface area contributed by atoms with Crippen LogP contribution in [-0.4, -0.2) is 25.9 Å². The van der Waals surface area contributed by atoms with Crippen LogP contribution in [0.5, 0.6) is 0 Å². The van der Waals surface area contributed by atoms with Gasteiger partial charge in [-0.05, 0) is 23.8 Å². The van der Waals surface area contributed by atoms with Gasteiger partial charge in [-0.25, -0.2) is 0 Å². The van der Waals surface area contributed by atoms with E-state index >= 15 is 0 Å². The van der Waals surface area contributed by atoms with Gasteiger partial charge in [0.05, 0.1) is 13.2 Å². The normalized spacial score (nSPS) is 28.8. The van der Waals surface area contributed by atoms with Crippen LogP contribution in [0.2, 0.25) is 0 Å². The molecule has 15 heavy (non-hydrogen) atoms. The van der Waals surface area contributed by atoms with Crippen molar-refractivity contribution in [1.82, 2.24) is 0 Å². The molecule has 1 saturated heterocycles. The van der Waals surface area contributed by atoms with E-state index in [1.54, 1.807) is 7.11 Å². The molecule has 2 heteroatoms. The van der Waals surface area contributed by atoms with Crippen molar-refractivity contribution in [1.29, 1.82) is 0 Å². The number of allylic oxidation sites excluding steroid dienone is 2. The molecule has 84 valence electrons. The highest BCUT2D eigenvalue weighted by molar-refractivity contribution is 5.34. The predicted molar refractivity (Wildman–Crippen MR) is 60.7 cm³/mol. The molecule has 2 nitrogen and oxygen atoms in total. The summed E-state index contributed by atoms with van der Waals surface area (Å²) in [6.07, 6.45) is 7.99. The van der Waals surface area contributed by atoms with Gasteiger partial charge in [-0.3, -0.25) is 0 Å². The zero-order valence-electron chi connectivity index (χ0n) is 9.82. The van der Waals surface area contributed by atoms with Gasteiger partial charge in [0, 0.05) is 7.11 Å². The van der Waals surface area contributed by atoms with Crippen LogP contribution in [0, 0.1) is 11.8 Å². The van der Waals surface area contributed by atoms with Gasteiger partial charge in [0.15, 0.2) is 0 Å². The van der Waals surface area contributed by atoms with Crippen molar-refractivity contribution >= 4 is 0 Å². The first-order valence-corrected chi connectivity index (χ1v) is 5.70. The largest absolute Gasteiger partial charge is 0.375 e. The van der Waals surface area contributed by atoms with E-state index < -0.39 is 0 Å². The summed E-state index contributed by atoms with van der Waals surface area (Å²) >= 11 is 0. The first kappa shape index (κ1) is 10.9. The molecule has 0 N–H and O–H groups in total. The number of hydrogen-bond acceptors (Lipinski definition) is 2. The van der Waals surface area contributed by atoms with Crippen LogP contribution >= 0.6 is 0 Å².